The number of halogens is 1. The lowest BCUT2D eigenvalue weighted by Crippen LogP contribution is -2.29. The van der Waals surface area contributed by atoms with Gasteiger partial charge >= 0.3 is 0 Å². The second-order valence-electron chi connectivity index (χ2n) is 3.75. The minimum Gasteiger partial charge on any atom is -0.349 e. The number of nitrogens with two attached hydrogens (primary N) is 2. The molecule has 0 fully saturated rings. The maximum absolute atomic E-state index is 11.7. The third kappa shape index (κ3) is 4.32. The molecule has 0 aliphatic heterocycles. The number of carbonyl (C=O) groups excluding carboxylic acids is 1. The first-order chi connectivity index (χ1) is 9.24. The van der Waals surface area contributed by atoms with Gasteiger partial charge < -0.3 is 16.8 Å². The predicted molar refractivity (Wildman–Crippen MR) is 87.7 cm³/mol. The lowest BCUT2D eigenvalue weighted by atomic mass is 10.4. The van der Waals surface area contributed by atoms with Crippen molar-refractivity contribution in [1.29, 1.82) is 0 Å². The molecule has 2 aromatic heterocycles. The van der Waals surface area contributed by atoms with Gasteiger partial charge in [0.15, 0.2) is 0 Å². The van der Waals surface area contributed by atoms with Crippen LogP contribution in [0.1, 0.15) is 15.5 Å². The van der Waals surface area contributed by atoms with Gasteiger partial charge in [0.2, 0.25) is 0 Å². The molecule has 0 aliphatic rings. The van der Waals surface area contributed by atoms with E-state index in [4.69, 9.17) is 11.5 Å². The molecule has 2 heterocycles. The summed E-state index contributed by atoms with van der Waals surface area (Å²) in [5, 5.41) is 8.08. The first kappa shape index (κ1) is 17.2. The lowest BCUT2D eigenvalue weighted by Gasteiger charge is -1.98. The highest BCUT2D eigenvalue weighted by molar-refractivity contribution is 8.93. The van der Waals surface area contributed by atoms with Gasteiger partial charge in [0.1, 0.15) is 16.4 Å². The average Bonchev–Trinajstić information content (AvgIpc) is 3.04. The maximum Gasteiger partial charge on any atom is 0.270 e. The van der Waals surface area contributed by atoms with Gasteiger partial charge in [-0.25, -0.2) is 9.97 Å². The summed E-state index contributed by atoms with van der Waals surface area (Å²) in [4.78, 5) is 20.4. The Kier molecular flexibility index (Phi) is 7.24. The van der Waals surface area contributed by atoms with Gasteiger partial charge in [-0.15, -0.1) is 39.7 Å². The number of rotatable bonds is 6. The van der Waals surface area contributed by atoms with E-state index >= 15 is 0 Å². The molecular weight excluding hydrogens is 362 g/mol. The van der Waals surface area contributed by atoms with Crippen LogP contribution in [0.2, 0.25) is 0 Å². The monoisotopic (exact) mass is 377 g/mol. The number of thiazole rings is 2. The van der Waals surface area contributed by atoms with Gasteiger partial charge in [-0.3, -0.25) is 4.79 Å². The number of aromatic nitrogens is 2. The van der Waals surface area contributed by atoms with E-state index in [0.717, 1.165) is 22.1 Å². The summed E-state index contributed by atoms with van der Waals surface area (Å²) in [6.45, 7) is 1.44. The number of nitrogens with zero attached hydrogens (tertiary/aromatic N) is 2. The second kappa shape index (κ2) is 8.42. The zero-order valence-electron chi connectivity index (χ0n) is 10.7. The summed E-state index contributed by atoms with van der Waals surface area (Å²) >= 11 is 2.96. The molecule has 0 aliphatic carbocycles. The Labute approximate surface area is 135 Å². The van der Waals surface area contributed by atoms with Crippen molar-refractivity contribution in [2.24, 2.45) is 11.5 Å². The first-order valence-electron chi connectivity index (χ1n) is 5.83. The Morgan fingerprint density at radius 1 is 1.20 bits per heavy atom. The van der Waals surface area contributed by atoms with Crippen LogP contribution in [0.3, 0.4) is 0 Å². The van der Waals surface area contributed by atoms with E-state index in [0.29, 0.717) is 25.3 Å². The molecule has 0 unspecified atom stereocenters. The fourth-order valence-electron chi connectivity index (χ4n) is 1.42. The topological polar surface area (TPSA) is 107 Å². The van der Waals surface area contributed by atoms with Gasteiger partial charge in [-0.1, -0.05) is 0 Å². The summed E-state index contributed by atoms with van der Waals surface area (Å²) in [5.74, 6) is -0.203. The molecule has 6 nitrogen and oxygen atoms in total. The highest BCUT2D eigenvalue weighted by Gasteiger charge is 2.13. The molecule has 2 rings (SSSR count). The van der Waals surface area contributed by atoms with E-state index in [1.54, 1.807) is 16.7 Å². The third-order valence-corrected chi connectivity index (χ3v) is 4.07. The largest absolute Gasteiger partial charge is 0.349 e. The van der Waals surface area contributed by atoms with E-state index in [1.165, 1.54) is 11.3 Å². The van der Waals surface area contributed by atoms with Gasteiger partial charge in [0.05, 0.1) is 5.01 Å². The van der Waals surface area contributed by atoms with Crippen LogP contribution in [0, 0.1) is 0 Å². The number of amides is 1. The zero-order valence-corrected chi connectivity index (χ0v) is 14.0. The molecule has 9 heteroatoms. The minimum atomic E-state index is -0.203. The van der Waals surface area contributed by atoms with E-state index < -0.39 is 0 Å². The molecule has 20 heavy (non-hydrogen) atoms. The first-order valence-corrected chi connectivity index (χ1v) is 7.59. The van der Waals surface area contributed by atoms with Crippen molar-refractivity contribution < 1.29 is 4.79 Å². The minimum absolute atomic E-state index is 0. The van der Waals surface area contributed by atoms with Gasteiger partial charge in [0, 0.05) is 30.3 Å². The van der Waals surface area contributed by atoms with Crippen molar-refractivity contribution >= 4 is 45.6 Å². The average molecular weight is 378 g/mol. The summed E-state index contributed by atoms with van der Waals surface area (Å²) in [5.41, 5.74) is 12.0. The molecule has 5 N–H and O–H groups in total. The fourth-order valence-corrected chi connectivity index (χ4v) is 3.05. The molecule has 110 valence electrons. The zero-order chi connectivity index (χ0) is 13.7. The van der Waals surface area contributed by atoms with E-state index in [2.05, 4.69) is 15.3 Å². The normalized spacial score (nSPS) is 10.1. The molecule has 0 atom stereocenters. The van der Waals surface area contributed by atoms with Gasteiger partial charge in [-0.2, -0.15) is 0 Å². The van der Waals surface area contributed by atoms with Crippen molar-refractivity contribution in [3.8, 4) is 10.7 Å². The Balaban J connectivity index is 0.00000200. The number of carbonyl (C=O) groups is 1. The predicted octanol–water partition coefficient (Wildman–Crippen LogP) is 1.03. The SMILES string of the molecule is Br.NCCNC(=O)c1csc(-c2csc(CCN)n2)n1. The van der Waals surface area contributed by atoms with Crippen LogP contribution >= 0.6 is 39.7 Å². The van der Waals surface area contributed by atoms with Crippen LogP contribution in [-0.4, -0.2) is 35.5 Å². The van der Waals surface area contributed by atoms with Crippen LogP contribution in [0.25, 0.3) is 10.7 Å². The van der Waals surface area contributed by atoms with Crippen LogP contribution in [-0.2, 0) is 6.42 Å². The molecular formula is C11H16BrN5OS2. The summed E-state index contributed by atoms with van der Waals surface area (Å²) in [7, 11) is 0. The standard InChI is InChI=1S/C11H15N5OS2.BrH/c12-2-1-9-15-8(6-18-9)11-16-7(5-19-11)10(17)14-4-3-13;/h5-6H,1-4,12-13H2,(H,14,17);1H. The van der Waals surface area contributed by atoms with Crippen LogP contribution < -0.4 is 16.8 Å². The van der Waals surface area contributed by atoms with Crippen molar-refractivity contribution in [3.05, 3.63) is 21.5 Å². The van der Waals surface area contributed by atoms with E-state index in [9.17, 15) is 4.79 Å². The van der Waals surface area contributed by atoms with E-state index in [-0.39, 0.29) is 22.9 Å². The highest BCUT2D eigenvalue weighted by atomic mass is 79.9. The molecule has 0 aromatic carbocycles. The number of hydrogen-bond donors (Lipinski definition) is 3. The number of hydrogen-bond acceptors (Lipinski definition) is 7. The Bertz CT molecular complexity index is 557. The molecule has 0 saturated heterocycles. The molecule has 0 saturated carbocycles. The Hall–Kier alpha value is -0.870. The van der Waals surface area contributed by atoms with Crippen molar-refractivity contribution in [2.75, 3.05) is 19.6 Å². The highest BCUT2D eigenvalue weighted by Crippen LogP contribution is 2.25. The summed E-state index contributed by atoms with van der Waals surface area (Å²) < 4.78 is 0. The second-order valence-corrected chi connectivity index (χ2v) is 5.55. The summed E-state index contributed by atoms with van der Waals surface area (Å²) in [6.07, 6.45) is 0.764. The third-order valence-electron chi connectivity index (χ3n) is 2.30. The molecule has 0 spiro atoms. The van der Waals surface area contributed by atoms with E-state index in [1.807, 2.05) is 5.38 Å². The van der Waals surface area contributed by atoms with Crippen molar-refractivity contribution in [1.82, 2.24) is 15.3 Å². The van der Waals surface area contributed by atoms with Crippen LogP contribution in [0.5, 0.6) is 0 Å². The smallest absolute Gasteiger partial charge is 0.270 e. The van der Waals surface area contributed by atoms with Gasteiger partial charge in [-0.05, 0) is 6.54 Å². The maximum atomic E-state index is 11.7. The van der Waals surface area contributed by atoms with Crippen molar-refractivity contribution in [3.63, 3.8) is 0 Å². The Morgan fingerprint density at radius 3 is 2.70 bits per heavy atom. The fraction of sp³-hybridized carbons (Fsp3) is 0.364. The molecule has 0 radical (unpaired) electrons. The molecule has 2 aromatic rings. The molecule has 0 bridgehead atoms. The van der Waals surface area contributed by atoms with Gasteiger partial charge in [0.25, 0.3) is 5.91 Å². The quantitative estimate of drug-likeness (QED) is 0.696. The van der Waals surface area contributed by atoms with Crippen LogP contribution in [0.15, 0.2) is 10.8 Å². The van der Waals surface area contributed by atoms with Crippen molar-refractivity contribution in [2.45, 2.75) is 6.42 Å². The number of nitrogens with one attached hydrogen (secondary N) is 1. The Morgan fingerprint density at radius 2 is 2.00 bits per heavy atom. The lowest BCUT2D eigenvalue weighted by molar-refractivity contribution is 0.0950. The summed E-state index contributed by atoms with van der Waals surface area (Å²) in [6, 6.07) is 0. The van der Waals surface area contributed by atoms with Crippen LogP contribution in [0.4, 0.5) is 0 Å². The molecule has 1 amide bonds.